The highest BCUT2D eigenvalue weighted by atomic mass is 15.3. The lowest BCUT2D eigenvalue weighted by atomic mass is 10.2. The molecule has 0 aromatic carbocycles. The van der Waals surface area contributed by atoms with E-state index >= 15 is 0 Å². The maximum atomic E-state index is 4.78. The Balaban J connectivity index is 1.61. The molecule has 26 heavy (non-hydrogen) atoms. The minimum atomic E-state index is 0.145. The normalized spacial score (nSPS) is 16.0. The fourth-order valence-electron chi connectivity index (χ4n) is 3.47. The fourth-order valence-corrected chi connectivity index (χ4v) is 3.47. The van der Waals surface area contributed by atoms with Gasteiger partial charge >= 0.3 is 0 Å². The van der Waals surface area contributed by atoms with Crippen molar-refractivity contribution in [3.63, 3.8) is 0 Å². The van der Waals surface area contributed by atoms with Crippen LogP contribution >= 0.6 is 0 Å². The number of fused-ring (bicyclic) bond motifs is 2. The zero-order valence-electron chi connectivity index (χ0n) is 14.3. The summed E-state index contributed by atoms with van der Waals surface area (Å²) >= 11 is 0. The lowest BCUT2D eigenvalue weighted by molar-refractivity contribution is 0.742. The van der Waals surface area contributed by atoms with Gasteiger partial charge in [-0.3, -0.25) is 14.6 Å². The number of anilines is 1. The highest BCUT2D eigenvalue weighted by molar-refractivity contribution is 5.88. The van der Waals surface area contributed by atoms with Crippen LogP contribution in [0.25, 0.3) is 22.4 Å². The van der Waals surface area contributed by atoms with Crippen LogP contribution in [0.1, 0.15) is 23.7 Å². The van der Waals surface area contributed by atoms with Crippen molar-refractivity contribution in [2.24, 2.45) is 7.05 Å². The van der Waals surface area contributed by atoms with Gasteiger partial charge in [-0.25, -0.2) is 9.97 Å². The van der Waals surface area contributed by atoms with Crippen LogP contribution in [0.2, 0.25) is 0 Å². The minimum absolute atomic E-state index is 0.145. The molecule has 0 bridgehead atoms. The number of nitrogens with one attached hydrogen (secondary N) is 1. The Hall–Kier alpha value is -3.35. The van der Waals surface area contributed by atoms with E-state index < -0.39 is 0 Å². The van der Waals surface area contributed by atoms with Crippen LogP contribution in [-0.4, -0.2) is 29.7 Å². The van der Waals surface area contributed by atoms with Gasteiger partial charge < -0.3 is 5.32 Å². The van der Waals surface area contributed by atoms with E-state index in [2.05, 4.69) is 31.4 Å². The van der Waals surface area contributed by atoms with Crippen molar-refractivity contribution in [1.29, 1.82) is 0 Å². The Kier molecular flexibility index (Phi) is 3.38. The molecule has 0 aliphatic heterocycles. The molecule has 4 aromatic heterocycles. The van der Waals surface area contributed by atoms with Crippen molar-refractivity contribution in [1.82, 2.24) is 29.7 Å². The summed E-state index contributed by atoms with van der Waals surface area (Å²) in [4.78, 5) is 18.2. The maximum absolute atomic E-state index is 4.78. The van der Waals surface area contributed by atoms with Gasteiger partial charge in [-0.15, -0.1) is 0 Å². The summed E-state index contributed by atoms with van der Waals surface area (Å²) in [5, 5.41) is 8.84. The molecule has 0 unspecified atom stereocenters. The van der Waals surface area contributed by atoms with Crippen molar-refractivity contribution in [2.45, 2.75) is 18.9 Å². The van der Waals surface area contributed by atoms with E-state index in [0.29, 0.717) is 5.82 Å². The van der Waals surface area contributed by atoms with Crippen molar-refractivity contribution < 1.29 is 0 Å². The van der Waals surface area contributed by atoms with Gasteiger partial charge in [0.15, 0.2) is 11.5 Å². The SMILES string of the molecule is Cn1ncc2c(N[C@@H]3CCc4cccnc43)nc(-c3cccnc3)nc21. The van der Waals surface area contributed by atoms with Crippen molar-refractivity contribution in [3.05, 3.63) is 60.3 Å². The highest BCUT2D eigenvalue weighted by Crippen LogP contribution is 2.34. The monoisotopic (exact) mass is 343 g/mol. The molecule has 1 N–H and O–H groups in total. The van der Waals surface area contributed by atoms with Crippen LogP contribution in [0, 0.1) is 0 Å². The van der Waals surface area contributed by atoms with Crippen LogP contribution < -0.4 is 5.32 Å². The quantitative estimate of drug-likeness (QED) is 0.616. The Bertz CT molecular complexity index is 1090. The molecule has 4 heterocycles. The Morgan fingerprint density at radius 3 is 2.92 bits per heavy atom. The van der Waals surface area contributed by atoms with Crippen LogP contribution in [0.4, 0.5) is 5.82 Å². The first kappa shape index (κ1) is 14.9. The third kappa shape index (κ3) is 2.40. The average Bonchev–Trinajstić information content (AvgIpc) is 3.27. The second-order valence-corrected chi connectivity index (χ2v) is 6.43. The molecule has 0 saturated heterocycles. The third-order valence-corrected chi connectivity index (χ3v) is 4.78. The lowest BCUT2D eigenvalue weighted by Crippen LogP contribution is -2.11. The fraction of sp³-hybridized carbons (Fsp3) is 0.211. The first-order valence-electron chi connectivity index (χ1n) is 8.60. The van der Waals surface area contributed by atoms with E-state index in [4.69, 9.17) is 4.98 Å². The number of aromatic nitrogens is 6. The van der Waals surface area contributed by atoms with E-state index in [1.54, 1.807) is 23.3 Å². The van der Waals surface area contributed by atoms with Crippen LogP contribution in [0.15, 0.2) is 49.1 Å². The van der Waals surface area contributed by atoms with Crippen LogP contribution in [0.5, 0.6) is 0 Å². The molecular formula is C19H17N7. The largest absolute Gasteiger partial charge is 0.361 e. The summed E-state index contributed by atoms with van der Waals surface area (Å²) in [6.45, 7) is 0. The standard InChI is InChI=1S/C19H17N7/c1-26-19-14(11-22-26)18(24-17(25-19)13-5-2-8-20-10-13)23-15-7-6-12-4-3-9-21-16(12)15/h2-5,8-11,15H,6-7H2,1H3,(H,23,24,25)/t15-/m1/s1. The first-order chi connectivity index (χ1) is 12.8. The summed E-state index contributed by atoms with van der Waals surface area (Å²) in [6, 6.07) is 8.12. The highest BCUT2D eigenvalue weighted by Gasteiger charge is 2.25. The molecule has 0 spiro atoms. The van der Waals surface area contributed by atoms with E-state index in [1.165, 1.54) is 5.56 Å². The van der Waals surface area contributed by atoms with Crippen molar-refractivity contribution >= 4 is 16.9 Å². The Morgan fingerprint density at radius 2 is 2.04 bits per heavy atom. The molecule has 128 valence electrons. The topological polar surface area (TPSA) is 81.4 Å². The zero-order chi connectivity index (χ0) is 17.5. The van der Waals surface area contributed by atoms with Gasteiger partial charge in [0.1, 0.15) is 5.82 Å². The molecule has 0 fully saturated rings. The average molecular weight is 343 g/mol. The Labute approximate surface area is 150 Å². The molecule has 5 rings (SSSR count). The molecule has 0 radical (unpaired) electrons. The van der Waals surface area contributed by atoms with Crippen molar-refractivity contribution in [3.8, 4) is 11.4 Å². The number of aryl methyl sites for hydroxylation is 2. The number of pyridine rings is 2. The Morgan fingerprint density at radius 1 is 1.12 bits per heavy atom. The molecule has 1 atom stereocenters. The van der Waals surface area contributed by atoms with Gasteiger partial charge in [0.2, 0.25) is 0 Å². The zero-order valence-corrected chi connectivity index (χ0v) is 14.3. The minimum Gasteiger partial charge on any atom is -0.361 e. The summed E-state index contributed by atoms with van der Waals surface area (Å²) in [5.41, 5.74) is 4.07. The third-order valence-electron chi connectivity index (χ3n) is 4.78. The summed E-state index contributed by atoms with van der Waals surface area (Å²) in [6.07, 6.45) is 9.19. The van der Waals surface area contributed by atoms with Gasteiger partial charge in [-0.05, 0) is 36.6 Å². The smallest absolute Gasteiger partial charge is 0.165 e. The van der Waals surface area contributed by atoms with Gasteiger partial charge in [0.05, 0.1) is 23.3 Å². The predicted molar refractivity (Wildman–Crippen MR) is 98.5 cm³/mol. The molecule has 1 aliphatic rings. The summed E-state index contributed by atoms with van der Waals surface area (Å²) < 4.78 is 1.77. The van der Waals surface area contributed by atoms with Crippen molar-refractivity contribution in [2.75, 3.05) is 5.32 Å². The molecule has 0 amide bonds. The van der Waals surface area contributed by atoms with Gasteiger partial charge in [0, 0.05) is 31.2 Å². The maximum Gasteiger partial charge on any atom is 0.165 e. The predicted octanol–water partition coefficient (Wildman–Crippen LogP) is 2.92. The summed E-state index contributed by atoms with van der Waals surface area (Å²) in [5.74, 6) is 1.42. The van der Waals surface area contributed by atoms with Gasteiger partial charge in [0.25, 0.3) is 0 Å². The molecular weight excluding hydrogens is 326 g/mol. The lowest BCUT2D eigenvalue weighted by Gasteiger charge is -2.15. The second kappa shape index (κ2) is 5.87. The van der Waals surface area contributed by atoms with E-state index in [9.17, 15) is 0 Å². The first-order valence-corrected chi connectivity index (χ1v) is 8.60. The van der Waals surface area contributed by atoms with E-state index in [1.807, 2.05) is 31.4 Å². The number of hydrogen-bond acceptors (Lipinski definition) is 6. The number of nitrogens with zero attached hydrogens (tertiary/aromatic N) is 6. The molecule has 1 aliphatic carbocycles. The summed E-state index contributed by atoms with van der Waals surface area (Å²) in [7, 11) is 1.89. The molecule has 7 heteroatoms. The second-order valence-electron chi connectivity index (χ2n) is 6.43. The van der Waals surface area contributed by atoms with Crippen LogP contribution in [0.3, 0.4) is 0 Å². The molecule has 0 saturated carbocycles. The van der Waals surface area contributed by atoms with E-state index in [0.717, 1.165) is 41.0 Å². The van der Waals surface area contributed by atoms with Gasteiger partial charge in [-0.2, -0.15) is 5.10 Å². The van der Waals surface area contributed by atoms with Crippen LogP contribution in [-0.2, 0) is 13.5 Å². The number of hydrogen-bond donors (Lipinski definition) is 1. The number of rotatable bonds is 3. The molecule has 4 aromatic rings. The molecule has 7 nitrogen and oxygen atoms in total. The van der Waals surface area contributed by atoms with E-state index in [-0.39, 0.29) is 6.04 Å². The van der Waals surface area contributed by atoms with Gasteiger partial charge in [-0.1, -0.05) is 6.07 Å².